The monoisotopic (exact) mass is 297 g/mol. The number of amides is 2. The fourth-order valence-electron chi connectivity index (χ4n) is 1.79. The number of rotatable bonds is 10. The summed E-state index contributed by atoms with van der Waals surface area (Å²) in [5.41, 5.74) is 0. The molecule has 20 heavy (non-hydrogen) atoms. The van der Waals surface area contributed by atoms with Gasteiger partial charge in [-0.15, -0.1) is 11.3 Å². The molecule has 0 radical (unpaired) electrons. The van der Waals surface area contributed by atoms with Crippen molar-refractivity contribution in [3.05, 3.63) is 11.6 Å². The van der Waals surface area contributed by atoms with E-state index in [0.717, 1.165) is 12.8 Å². The molecule has 2 amide bonds. The zero-order valence-electron chi connectivity index (χ0n) is 12.0. The van der Waals surface area contributed by atoms with Gasteiger partial charge in [-0.05, 0) is 6.42 Å². The van der Waals surface area contributed by atoms with Crippen molar-refractivity contribution >= 4 is 28.3 Å². The molecule has 0 saturated carbocycles. The van der Waals surface area contributed by atoms with Gasteiger partial charge in [-0.2, -0.15) is 0 Å². The van der Waals surface area contributed by atoms with Crippen LogP contribution in [0.1, 0.15) is 51.9 Å². The molecule has 0 aromatic carbocycles. The van der Waals surface area contributed by atoms with E-state index in [1.54, 1.807) is 11.6 Å². The summed E-state index contributed by atoms with van der Waals surface area (Å²) in [6, 6.07) is 0. The predicted molar refractivity (Wildman–Crippen MR) is 81.7 cm³/mol. The number of thiazole rings is 1. The molecule has 0 aliphatic carbocycles. The van der Waals surface area contributed by atoms with Gasteiger partial charge in [0.25, 0.3) is 0 Å². The van der Waals surface area contributed by atoms with Crippen molar-refractivity contribution in [2.45, 2.75) is 51.9 Å². The van der Waals surface area contributed by atoms with Crippen LogP contribution in [0.4, 0.5) is 5.13 Å². The van der Waals surface area contributed by atoms with Crippen LogP contribution in [0.2, 0.25) is 0 Å². The van der Waals surface area contributed by atoms with E-state index in [9.17, 15) is 9.59 Å². The Labute approximate surface area is 124 Å². The molecular weight excluding hydrogens is 274 g/mol. The molecule has 1 aromatic heterocycles. The fourth-order valence-corrected chi connectivity index (χ4v) is 2.34. The van der Waals surface area contributed by atoms with E-state index >= 15 is 0 Å². The lowest BCUT2D eigenvalue weighted by Gasteiger charge is -2.05. The van der Waals surface area contributed by atoms with E-state index in [-0.39, 0.29) is 18.2 Å². The molecule has 0 spiro atoms. The lowest BCUT2D eigenvalue weighted by molar-refractivity contribution is -0.126. The van der Waals surface area contributed by atoms with Crippen molar-refractivity contribution in [3.63, 3.8) is 0 Å². The summed E-state index contributed by atoms with van der Waals surface area (Å²) in [4.78, 5) is 27.0. The average molecular weight is 297 g/mol. The Morgan fingerprint density at radius 2 is 1.90 bits per heavy atom. The topological polar surface area (TPSA) is 71.1 Å². The fraction of sp³-hybridized carbons (Fsp3) is 0.643. The van der Waals surface area contributed by atoms with Crippen LogP contribution >= 0.6 is 11.3 Å². The highest BCUT2D eigenvalue weighted by atomic mass is 32.1. The minimum atomic E-state index is -0.319. The summed E-state index contributed by atoms with van der Waals surface area (Å²) < 4.78 is 0. The quantitative estimate of drug-likeness (QED) is 0.515. The summed E-state index contributed by atoms with van der Waals surface area (Å²) in [5.74, 6) is -0.548. The molecular formula is C14H23N3O2S. The van der Waals surface area contributed by atoms with Crippen LogP contribution < -0.4 is 10.6 Å². The Morgan fingerprint density at radius 1 is 1.15 bits per heavy atom. The van der Waals surface area contributed by atoms with Crippen LogP contribution in [0.5, 0.6) is 0 Å². The molecule has 1 aromatic rings. The third-order valence-corrected chi connectivity index (χ3v) is 3.54. The molecule has 0 unspecified atom stereocenters. The van der Waals surface area contributed by atoms with Crippen molar-refractivity contribution in [3.8, 4) is 0 Å². The Morgan fingerprint density at radius 3 is 2.60 bits per heavy atom. The van der Waals surface area contributed by atoms with Gasteiger partial charge in [0.05, 0.1) is 0 Å². The average Bonchev–Trinajstić information content (AvgIpc) is 2.90. The van der Waals surface area contributed by atoms with E-state index in [0.29, 0.717) is 11.7 Å². The highest BCUT2D eigenvalue weighted by Crippen LogP contribution is 2.10. The standard InChI is InChI=1S/C14H23N3O2S/c1-2-3-4-5-6-7-8-15-12(18)11-13(19)17-14-16-9-10-20-14/h9-10H,2-8,11H2,1H3,(H,15,18)(H,16,17,19). The third-order valence-electron chi connectivity index (χ3n) is 2.85. The van der Waals surface area contributed by atoms with Gasteiger partial charge < -0.3 is 10.6 Å². The Kier molecular flexibility index (Phi) is 8.62. The zero-order valence-corrected chi connectivity index (χ0v) is 12.8. The van der Waals surface area contributed by atoms with E-state index < -0.39 is 0 Å². The first-order valence-electron chi connectivity index (χ1n) is 7.18. The Hall–Kier alpha value is -1.43. The van der Waals surface area contributed by atoms with Gasteiger partial charge in [0.2, 0.25) is 11.8 Å². The number of nitrogens with zero attached hydrogens (tertiary/aromatic N) is 1. The van der Waals surface area contributed by atoms with Crippen molar-refractivity contribution in [1.29, 1.82) is 0 Å². The molecule has 112 valence electrons. The molecule has 6 heteroatoms. The Bertz CT molecular complexity index is 393. The van der Waals surface area contributed by atoms with E-state index in [4.69, 9.17) is 0 Å². The number of nitrogens with one attached hydrogen (secondary N) is 2. The van der Waals surface area contributed by atoms with Gasteiger partial charge in [0.1, 0.15) is 6.42 Å². The second-order valence-electron chi connectivity index (χ2n) is 4.68. The molecule has 0 saturated heterocycles. The third kappa shape index (κ3) is 7.89. The van der Waals surface area contributed by atoms with Crippen LogP contribution in [-0.4, -0.2) is 23.3 Å². The second kappa shape index (κ2) is 10.4. The van der Waals surface area contributed by atoms with Gasteiger partial charge >= 0.3 is 0 Å². The van der Waals surface area contributed by atoms with Gasteiger partial charge in [0, 0.05) is 18.1 Å². The van der Waals surface area contributed by atoms with E-state index in [1.807, 2.05) is 0 Å². The first-order valence-corrected chi connectivity index (χ1v) is 8.06. The van der Waals surface area contributed by atoms with Gasteiger partial charge in [0.15, 0.2) is 5.13 Å². The number of hydrogen-bond acceptors (Lipinski definition) is 4. The molecule has 1 heterocycles. The molecule has 1 rings (SSSR count). The normalized spacial score (nSPS) is 10.2. The van der Waals surface area contributed by atoms with Crippen LogP contribution in [-0.2, 0) is 9.59 Å². The highest BCUT2D eigenvalue weighted by molar-refractivity contribution is 7.13. The number of anilines is 1. The number of carbonyl (C=O) groups excluding carboxylic acids is 2. The maximum absolute atomic E-state index is 11.5. The van der Waals surface area contributed by atoms with E-state index in [2.05, 4.69) is 22.5 Å². The lowest BCUT2D eigenvalue weighted by Crippen LogP contribution is -2.28. The number of aromatic nitrogens is 1. The molecule has 5 nitrogen and oxygen atoms in total. The maximum atomic E-state index is 11.5. The van der Waals surface area contributed by atoms with Crippen LogP contribution in [0.15, 0.2) is 11.6 Å². The smallest absolute Gasteiger partial charge is 0.235 e. The number of unbranched alkanes of at least 4 members (excludes halogenated alkanes) is 5. The van der Waals surface area contributed by atoms with Gasteiger partial charge in [-0.25, -0.2) is 4.98 Å². The molecule has 0 atom stereocenters. The summed E-state index contributed by atoms with van der Waals surface area (Å²) in [5, 5.41) is 7.65. The van der Waals surface area contributed by atoms with Crippen LogP contribution in [0.25, 0.3) is 0 Å². The SMILES string of the molecule is CCCCCCCCNC(=O)CC(=O)Nc1nccs1. The molecule has 0 fully saturated rings. The van der Waals surface area contributed by atoms with Crippen molar-refractivity contribution in [1.82, 2.24) is 10.3 Å². The van der Waals surface area contributed by atoms with E-state index in [1.165, 1.54) is 37.0 Å². The summed E-state index contributed by atoms with van der Waals surface area (Å²) in [7, 11) is 0. The molecule has 2 N–H and O–H groups in total. The summed E-state index contributed by atoms with van der Waals surface area (Å²) in [6.45, 7) is 2.84. The summed E-state index contributed by atoms with van der Waals surface area (Å²) in [6.07, 6.45) is 8.58. The molecule has 0 aliphatic heterocycles. The first kappa shape index (κ1) is 16.6. The zero-order chi connectivity index (χ0) is 14.6. The van der Waals surface area contributed by atoms with Gasteiger partial charge in [-0.3, -0.25) is 9.59 Å². The number of hydrogen-bond donors (Lipinski definition) is 2. The van der Waals surface area contributed by atoms with Crippen LogP contribution in [0.3, 0.4) is 0 Å². The maximum Gasteiger partial charge on any atom is 0.235 e. The van der Waals surface area contributed by atoms with Crippen LogP contribution in [0, 0.1) is 0 Å². The van der Waals surface area contributed by atoms with Crippen molar-refractivity contribution in [2.75, 3.05) is 11.9 Å². The number of carbonyl (C=O) groups is 2. The minimum absolute atomic E-state index is 0.143. The summed E-state index contributed by atoms with van der Waals surface area (Å²) >= 11 is 1.33. The second-order valence-corrected chi connectivity index (χ2v) is 5.57. The molecule has 0 aliphatic rings. The predicted octanol–water partition coefficient (Wildman–Crippen LogP) is 2.95. The van der Waals surface area contributed by atoms with Gasteiger partial charge in [-0.1, -0.05) is 39.0 Å². The lowest BCUT2D eigenvalue weighted by atomic mass is 10.1. The van der Waals surface area contributed by atoms with Crippen molar-refractivity contribution in [2.24, 2.45) is 0 Å². The Balaban J connectivity index is 2.01. The highest BCUT2D eigenvalue weighted by Gasteiger charge is 2.09. The minimum Gasteiger partial charge on any atom is -0.356 e. The first-order chi connectivity index (χ1) is 9.72. The molecule has 0 bridgehead atoms. The van der Waals surface area contributed by atoms with Crippen molar-refractivity contribution < 1.29 is 9.59 Å². The largest absolute Gasteiger partial charge is 0.356 e.